The predicted molar refractivity (Wildman–Crippen MR) is 170 cm³/mol. The standard InChI is InChI=1S/C36H41N3O6/c1-2-44-34(42)28-5-3-26(4-6-28)32(15-16-37-35(43)39-36-20-23-17-24(21-36)19-25(18-23)22-36)45-31-13-7-27(8-14-31)33(41)38-29-9-11-30(40)12-10-29/h3-14,23-25,32,40H,2,15-22H2,1H3,(H,38,41)(H2,37,39,43). The van der Waals surface area contributed by atoms with Crippen LogP contribution < -0.4 is 20.7 Å². The van der Waals surface area contributed by atoms with E-state index in [1.54, 1.807) is 55.5 Å². The summed E-state index contributed by atoms with van der Waals surface area (Å²) in [6.45, 7) is 2.46. The van der Waals surface area contributed by atoms with Crippen LogP contribution in [-0.4, -0.2) is 41.7 Å². The van der Waals surface area contributed by atoms with E-state index in [1.165, 1.54) is 31.4 Å². The summed E-state index contributed by atoms with van der Waals surface area (Å²) in [5.74, 6) is 2.26. The average Bonchev–Trinajstić information content (AvgIpc) is 3.01. The first-order valence-corrected chi connectivity index (χ1v) is 16.0. The second-order valence-corrected chi connectivity index (χ2v) is 12.8. The smallest absolute Gasteiger partial charge is 0.338 e. The van der Waals surface area contributed by atoms with E-state index in [1.807, 2.05) is 12.1 Å². The second kappa shape index (κ2) is 13.2. The molecular weight excluding hydrogens is 570 g/mol. The lowest BCUT2D eigenvalue weighted by atomic mass is 9.53. The lowest BCUT2D eigenvalue weighted by Crippen LogP contribution is -2.61. The Morgan fingerprint density at radius 1 is 0.844 bits per heavy atom. The Labute approximate surface area is 263 Å². The van der Waals surface area contributed by atoms with E-state index in [2.05, 4.69) is 16.0 Å². The number of phenolic OH excluding ortho intramolecular Hbond substituents is 1. The van der Waals surface area contributed by atoms with Gasteiger partial charge in [0, 0.05) is 29.8 Å². The topological polar surface area (TPSA) is 126 Å². The highest BCUT2D eigenvalue weighted by atomic mass is 16.5. The Morgan fingerprint density at radius 2 is 1.44 bits per heavy atom. The normalized spacial score (nSPS) is 23.5. The Hall–Kier alpha value is -4.53. The molecule has 4 aliphatic carbocycles. The summed E-state index contributed by atoms with van der Waals surface area (Å²) in [6.07, 6.45) is 7.31. The number of carbonyl (C=O) groups is 3. The molecule has 0 radical (unpaired) electrons. The van der Waals surface area contributed by atoms with Crippen LogP contribution in [0.25, 0.3) is 0 Å². The Kier molecular flexibility index (Phi) is 8.96. The van der Waals surface area contributed by atoms with Gasteiger partial charge in [0.2, 0.25) is 0 Å². The first-order chi connectivity index (χ1) is 21.8. The molecule has 1 unspecified atom stereocenters. The molecule has 1 atom stereocenters. The Balaban J connectivity index is 1.09. The van der Waals surface area contributed by atoms with Crippen molar-refractivity contribution in [2.24, 2.45) is 17.8 Å². The van der Waals surface area contributed by atoms with Gasteiger partial charge >= 0.3 is 12.0 Å². The molecule has 3 aromatic rings. The van der Waals surface area contributed by atoms with E-state index in [4.69, 9.17) is 9.47 Å². The van der Waals surface area contributed by atoms with Crippen molar-refractivity contribution in [3.63, 3.8) is 0 Å². The van der Waals surface area contributed by atoms with Crippen LogP contribution in [-0.2, 0) is 4.74 Å². The zero-order valence-corrected chi connectivity index (χ0v) is 25.6. The van der Waals surface area contributed by atoms with Crippen LogP contribution in [0.2, 0.25) is 0 Å². The molecule has 0 aliphatic heterocycles. The highest BCUT2D eigenvalue weighted by molar-refractivity contribution is 6.04. The van der Waals surface area contributed by atoms with Gasteiger partial charge in [-0.2, -0.15) is 0 Å². The number of carbonyl (C=O) groups excluding carboxylic acids is 3. The summed E-state index contributed by atoms with van der Waals surface area (Å²) < 4.78 is 11.5. The van der Waals surface area contributed by atoms with Gasteiger partial charge in [0.15, 0.2) is 0 Å². The third-order valence-electron chi connectivity index (χ3n) is 9.42. The van der Waals surface area contributed by atoms with E-state index in [-0.39, 0.29) is 29.2 Å². The molecule has 9 heteroatoms. The molecule has 4 saturated carbocycles. The maximum atomic E-state index is 13.1. The number of nitrogens with one attached hydrogen (secondary N) is 3. The molecule has 0 saturated heterocycles. The van der Waals surface area contributed by atoms with Crippen LogP contribution >= 0.6 is 0 Å². The van der Waals surface area contributed by atoms with E-state index in [9.17, 15) is 19.5 Å². The molecule has 7 rings (SSSR count). The van der Waals surface area contributed by atoms with E-state index < -0.39 is 6.10 Å². The van der Waals surface area contributed by atoms with Gasteiger partial charge in [0.25, 0.3) is 5.91 Å². The minimum Gasteiger partial charge on any atom is -0.508 e. The number of aromatic hydroxyl groups is 1. The van der Waals surface area contributed by atoms with Crippen molar-refractivity contribution in [1.82, 2.24) is 10.6 Å². The van der Waals surface area contributed by atoms with Crippen molar-refractivity contribution in [2.75, 3.05) is 18.5 Å². The third kappa shape index (κ3) is 7.41. The quantitative estimate of drug-likeness (QED) is 0.143. The molecular formula is C36H41N3O6. The molecule has 4 fully saturated rings. The molecule has 3 amide bonds. The largest absolute Gasteiger partial charge is 0.508 e. The van der Waals surface area contributed by atoms with Crippen molar-refractivity contribution in [1.29, 1.82) is 0 Å². The average molecular weight is 612 g/mol. The third-order valence-corrected chi connectivity index (χ3v) is 9.42. The number of phenols is 1. The van der Waals surface area contributed by atoms with Gasteiger partial charge in [-0.25, -0.2) is 9.59 Å². The van der Waals surface area contributed by atoms with Crippen molar-refractivity contribution in [3.05, 3.63) is 89.5 Å². The fourth-order valence-electron chi connectivity index (χ4n) is 7.80. The monoisotopic (exact) mass is 611 g/mol. The molecule has 4 bridgehead atoms. The summed E-state index contributed by atoms with van der Waals surface area (Å²) in [7, 11) is 0. The maximum Gasteiger partial charge on any atom is 0.338 e. The van der Waals surface area contributed by atoms with Gasteiger partial charge in [-0.3, -0.25) is 4.79 Å². The lowest BCUT2D eigenvalue weighted by molar-refractivity contribution is -0.0135. The van der Waals surface area contributed by atoms with Crippen molar-refractivity contribution in [2.45, 2.75) is 63.5 Å². The summed E-state index contributed by atoms with van der Waals surface area (Å²) in [4.78, 5) is 38.0. The summed E-state index contributed by atoms with van der Waals surface area (Å²) >= 11 is 0. The van der Waals surface area contributed by atoms with Crippen molar-refractivity contribution < 1.29 is 29.0 Å². The van der Waals surface area contributed by atoms with Crippen molar-refractivity contribution >= 4 is 23.6 Å². The highest BCUT2D eigenvalue weighted by Crippen LogP contribution is 2.55. The van der Waals surface area contributed by atoms with E-state index in [0.29, 0.717) is 42.1 Å². The van der Waals surface area contributed by atoms with Crippen LogP contribution in [0.3, 0.4) is 0 Å². The molecule has 0 heterocycles. The van der Waals surface area contributed by atoms with Gasteiger partial charge in [0.05, 0.1) is 12.2 Å². The summed E-state index contributed by atoms with van der Waals surface area (Å²) in [5.41, 5.74) is 2.27. The SMILES string of the molecule is CCOC(=O)c1ccc(C(CCNC(=O)NC23CC4CC(CC(C4)C2)C3)Oc2ccc(C(=O)Nc3ccc(O)cc3)cc2)cc1. The number of hydrogen-bond acceptors (Lipinski definition) is 6. The fourth-order valence-corrected chi connectivity index (χ4v) is 7.80. The number of benzene rings is 3. The number of esters is 1. The number of amides is 3. The molecule has 45 heavy (non-hydrogen) atoms. The Bertz CT molecular complexity index is 1470. The van der Waals surface area contributed by atoms with Gasteiger partial charge in [-0.1, -0.05) is 12.1 Å². The minimum absolute atomic E-state index is 0.0615. The summed E-state index contributed by atoms with van der Waals surface area (Å²) in [6, 6.07) is 20.1. The van der Waals surface area contributed by atoms with Crippen molar-refractivity contribution in [3.8, 4) is 11.5 Å². The van der Waals surface area contributed by atoms with Crippen LogP contribution in [0.4, 0.5) is 10.5 Å². The zero-order valence-electron chi connectivity index (χ0n) is 25.6. The Morgan fingerprint density at radius 3 is 2.04 bits per heavy atom. The maximum absolute atomic E-state index is 13.1. The number of anilines is 1. The van der Waals surface area contributed by atoms with Crippen LogP contribution in [0.5, 0.6) is 11.5 Å². The molecule has 4 aliphatic rings. The molecule has 236 valence electrons. The molecule has 0 spiro atoms. The molecule has 0 aromatic heterocycles. The fraction of sp³-hybridized carbons (Fsp3) is 0.417. The first-order valence-electron chi connectivity index (χ1n) is 16.0. The van der Waals surface area contributed by atoms with E-state index >= 15 is 0 Å². The van der Waals surface area contributed by atoms with Crippen LogP contribution in [0.15, 0.2) is 72.8 Å². The molecule has 9 nitrogen and oxygen atoms in total. The van der Waals surface area contributed by atoms with E-state index in [0.717, 1.165) is 42.6 Å². The number of hydrogen-bond donors (Lipinski definition) is 4. The number of rotatable bonds is 11. The van der Waals surface area contributed by atoms with Crippen LogP contribution in [0.1, 0.15) is 84.3 Å². The lowest BCUT2D eigenvalue weighted by Gasteiger charge is -2.56. The first kappa shape index (κ1) is 30.5. The van der Waals surface area contributed by atoms with Crippen LogP contribution in [0, 0.1) is 17.8 Å². The summed E-state index contributed by atoms with van der Waals surface area (Å²) in [5, 5.41) is 18.7. The minimum atomic E-state index is -0.419. The van der Waals surface area contributed by atoms with Gasteiger partial charge in [-0.15, -0.1) is 0 Å². The predicted octanol–water partition coefficient (Wildman–Crippen LogP) is 6.60. The molecule has 3 aromatic carbocycles. The van der Waals surface area contributed by atoms with Gasteiger partial charge in [0.1, 0.15) is 17.6 Å². The van der Waals surface area contributed by atoms with Gasteiger partial charge in [-0.05, 0) is 129 Å². The second-order valence-electron chi connectivity index (χ2n) is 12.8. The molecule has 4 N–H and O–H groups in total. The number of ether oxygens (including phenoxy) is 2. The number of urea groups is 1. The zero-order chi connectivity index (χ0) is 31.4. The highest BCUT2D eigenvalue weighted by Gasteiger charge is 2.51. The van der Waals surface area contributed by atoms with Gasteiger partial charge < -0.3 is 30.5 Å².